The Labute approximate surface area is 108 Å². The van der Waals surface area contributed by atoms with Gasteiger partial charge in [0.05, 0.1) is 7.11 Å². The number of benzene rings is 2. The van der Waals surface area contributed by atoms with E-state index in [0.29, 0.717) is 0 Å². The summed E-state index contributed by atoms with van der Waals surface area (Å²) in [6.45, 7) is 4.55. The summed E-state index contributed by atoms with van der Waals surface area (Å²) in [5, 5.41) is 5.99. The number of hydrogen-bond donors (Lipinski definition) is 1. The molecular formula is C16H19NO. The van der Waals surface area contributed by atoms with Crippen LogP contribution < -0.4 is 10.1 Å². The van der Waals surface area contributed by atoms with Crippen LogP contribution in [0.15, 0.2) is 36.4 Å². The first kappa shape index (κ1) is 11.5. The third-order valence-corrected chi connectivity index (χ3v) is 4.11. The fourth-order valence-electron chi connectivity index (χ4n) is 2.79. The fraction of sp³-hybridized carbons (Fsp3) is 0.375. The van der Waals surface area contributed by atoms with Crippen LogP contribution in [0.5, 0.6) is 5.75 Å². The molecule has 18 heavy (non-hydrogen) atoms. The maximum absolute atomic E-state index is 5.26. The number of hydrogen-bond acceptors (Lipinski definition) is 2. The van der Waals surface area contributed by atoms with Crippen molar-refractivity contribution in [1.82, 2.24) is 5.32 Å². The van der Waals surface area contributed by atoms with Gasteiger partial charge in [-0.2, -0.15) is 0 Å². The molecule has 1 N–H and O–H groups in total. The SMILES string of the molecule is COc1ccc2cc(C3(C)CCNC3)ccc2c1. The van der Waals surface area contributed by atoms with Gasteiger partial charge in [0.2, 0.25) is 0 Å². The van der Waals surface area contributed by atoms with Gasteiger partial charge in [-0.3, -0.25) is 0 Å². The van der Waals surface area contributed by atoms with Crippen LogP contribution in [0.2, 0.25) is 0 Å². The molecule has 0 saturated carbocycles. The lowest BCUT2D eigenvalue weighted by Gasteiger charge is -2.23. The second-order valence-electron chi connectivity index (χ2n) is 5.42. The van der Waals surface area contributed by atoms with Crippen molar-refractivity contribution in [3.63, 3.8) is 0 Å². The first-order valence-corrected chi connectivity index (χ1v) is 6.50. The Morgan fingerprint density at radius 1 is 1.11 bits per heavy atom. The van der Waals surface area contributed by atoms with Crippen molar-refractivity contribution in [2.45, 2.75) is 18.8 Å². The second kappa shape index (κ2) is 4.29. The number of fused-ring (bicyclic) bond motifs is 1. The van der Waals surface area contributed by atoms with E-state index in [2.05, 4.69) is 42.6 Å². The summed E-state index contributed by atoms with van der Waals surface area (Å²) in [7, 11) is 1.71. The molecule has 94 valence electrons. The second-order valence-corrected chi connectivity index (χ2v) is 5.42. The van der Waals surface area contributed by atoms with Gasteiger partial charge >= 0.3 is 0 Å². The molecule has 2 aromatic rings. The molecule has 2 heteroatoms. The largest absolute Gasteiger partial charge is 0.497 e. The van der Waals surface area contributed by atoms with Crippen LogP contribution in [0.1, 0.15) is 18.9 Å². The third-order valence-electron chi connectivity index (χ3n) is 4.11. The van der Waals surface area contributed by atoms with Gasteiger partial charge in [-0.15, -0.1) is 0 Å². The highest BCUT2D eigenvalue weighted by Crippen LogP contribution is 2.32. The molecule has 1 saturated heterocycles. The molecule has 1 unspecified atom stereocenters. The fourth-order valence-corrected chi connectivity index (χ4v) is 2.79. The number of ether oxygens (including phenoxy) is 1. The van der Waals surface area contributed by atoms with E-state index < -0.39 is 0 Å². The minimum absolute atomic E-state index is 0.286. The Bertz CT molecular complexity index is 570. The van der Waals surface area contributed by atoms with Gasteiger partial charge in [-0.05, 0) is 41.4 Å². The smallest absolute Gasteiger partial charge is 0.119 e. The van der Waals surface area contributed by atoms with Crippen LogP contribution in [0.25, 0.3) is 10.8 Å². The molecule has 1 atom stereocenters. The van der Waals surface area contributed by atoms with Crippen molar-refractivity contribution in [3.8, 4) is 5.75 Å². The Morgan fingerprint density at radius 3 is 2.61 bits per heavy atom. The summed E-state index contributed by atoms with van der Waals surface area (Å²) < 4.78 is 5.26. The van der Waals surface area contributed by atoms with E-state index in [9.17, 15) is 0 Å². The highest BCUT2D eigenvalue weighted by Gasteiger charge is 2.30. The Kier molecular flexibility index (Phi) is 2.75. The van der Waals surface area contributed by atoms with E-state index in [1.165, 1.54) is 22.8 Å². The minimum atomic E-state index is 0.286. The van der Waals surface area contributed by atoms with Crippen molar-refractivity contribution in [3.05, 3.63) is 42.0 Å². The molecule has 1 aliphatic heterocycles. The van der Waals surface area contributed by atoms with E-state index in [1.54, 1.807) is 7.11 Å². The first-order valence-electron chi connectivity index (χ1n) is 6.50. The molecule has 1 heterocycles. The number of rotatable bonds is 2. The van der Waals surface area contributed by atoms with Crippen molar-refractivity contribution >= 4 is 10.8 Å². The van der Waals surface area contributed by atoms with E-state index in [-0.39, 0.29) is 5.41 Å². The van der Waals surface area contributed by atoms with Crippen LogP contribution in [-0.4, -0.2) is 20.2 Å². The van der Waals surface area contributed by atoms with Gasteiger partial charge in [-0.25, -0.2) is 0 Å². The maximum atomic E-state index is 5.26. The lowest BCUT2D eigenvalue weighted by molar-refractivity contribution is 0.415. The van der Waals surface area contributed by atoms with Crippen LogP contribution >= 0.6 is 0 Å². The van der Waals surface area contributed by atoms with Crippen LogP contribution in [0.4, 0.5) is 0 Å². The Balaban J connectivity index is 2.06. The normalized spacial score (nSPS) is 23.4. The lowest BCUT2D eigenvalue weighted by atomic mass is 9.81. The predicted octanol–water partition coefficient (Wildman–Crippen LogP) is 3.10. The molecule has 0 aromatic heterocycles. The molecule has 3 rings (SSSR count). The van der Waals surface area contributed by atoms with Crippen LogP contribution in [0, 0.1) is 0 Å². The molecule has 0 spiro atoms. The zero-order valence-electron chi connectivity index (χ0n) is 11.0. The topological polar surface area (TPSA) is 21.3 Å². The van der Waals surface area contributed by atoms with Crippen LogP contribution in [-0.2, 0) is 5.41 Å². The highest BCUT2D eigenvalue weighted by molar-refractivity contribution is 5.84. The van der Waals surface area contributed by atoms with E-state index in [0.717, 1.165) is 18.8 Å². The van der Waals surface area contributed by atoms with E-state index in [1.807, 2.05) is 6.07 Å². The summed E-state index contributed by atoms with van der Waals surface area (Å²) >= 11 is 0. The first-order chi connectivity index (χ1) is 8.71. The third kappa shape index (κ3) is 1.87. The summed E-state index contributed by atoms with van der Waals surface area (Å²) in [6, 6.07) is 13.0. The number of nitrogens with one attached hydrogen (secondary N) is 1. The van der Waals surface area contributed by atoms with Crippen molar-refractivity contribution in [2.24, 2.45) is 0 Å². The van der Waals surface area contributed by atoms with Crippen molar-refractivity contribution in [1.29, 1.82) is 0 Å². The molecule has 0 bridgehead atoms. The molecular weight excluding hydrogens is 222 g/mol. The average molecular weight is 241 g/mol. The monoisotopic (exact) mass is 241 g/mol. The van der Waals surface area contributed by atoms with Crippen LogP contribution in [0.3, 0.4) is 0 Å². The molecule has 0 aliphatic carbocycles. The Hall–Kier alpha value is -1.54. The van der Waals surface area contributed by atoms with Crippen molar-refractivity contribution < 1.29 is 4.74 Å². The molecule has 2 aromatic carbocycles. The van der Waals surface area contributed by atoms with E-state index in [4.69, 9.17) is 4.74 Å². The molecule has 0 radical (unpaired) electrons. The molecule has 2 nitrogen and oxygen atoms in total. The predicted molar refractivity (Wildman–Crippen MR) is 75.3 cm³/mol. The van der Waals surface area contributed by atoms with Crippen molar-refractivity contribution in [2.75, 3.05) is 20.2 Å². The summed E-state index contributed by atoms with van der Waals surface area (Å²) in [4.78, 5) is 0. The zero-order chi connectivity index (χ0) is 12.6. The highest BCUT2D eigenvalue weighted by atomic mass is 16.5. The Morgan fingerprint density at radius 2 is 1.89 bits per heavy atom. The summed E-state index contributed by atoms with van der Waals surface area (Å²) in [6.07, 6.45) is 1.22. The molecule has 1 fully saturated rings. The van der Waals surface area contributed by atoms with Gasteiger partial charge in [-0.1, -0.05) is 31.2 Å². The average Bonchev–Trinajstić information content (AvgIpc) is 2.85. The molecule has 1 aliphatic rings. The van der Waals surface area contributed by atoms with Gasteiger partial charge in [0.1, 0.15) is 5.75 Å². The maximum Gasteiger partial charge on any atom is 0.119 e. The minimum Gasteiger partial charge on any atom is -0.497 e. The summed E-state index contributed by atoms with van der Waals surface area (Å²) in [5.41, 5.74) is 1.72. The number of methoxy groups -OCH3 is 1. The lowest BCUT2D eigenvalue weighted by Crippen LogP contribution is -2.24. The zero-order valence-corrected chi connectivity index (χ0v) is 11.0. The molecule has 0 amide bonds. The van der Waals surface area contributed by atoms with Gasteiger partial charge in [0.15, 0.2) is 0 Å². The van der Waals surface area contributed by atoms with Gasteiger partial charge < -0.3 is 10.1 Å². The quantitative estimate of drug-likeness (QED) is 0.872. The van der Waals surface area contributed by atoms with Gasteiger partial charge in [0, 0.05) is 12.0 Å². The standard InChI is InChI=1S/C16H19NO/c1-16(7-8-17-11-16)14-5-3-13-10-15(18-2)6-4-12(13)9-14/h3-6,9-10,17H,7-8,11H2,1-2H3. The van der Waals surface area contributed by atoms with Gasteiger partial charge in [0.25, 0.3) is 0 Å². The van der Waals surface area contributed by atoms with E-state index >= 15 is 0 Å². The summed E-state index contributed by atoms with van der Waals surface area (Å²) in [5.74, 6) is 0.920.